The number of hydrogen-bond acceptors (Lipinski definition) is 4. The van der Waals surface area contributed by atoms with Crippen LogP contribution in [0.25, 0.3) is 0 Å². The molecule has 1 N–H and O–H groups in total. The highest BCUT2D eigenvalue weighted by molar-refractivity contribution is 7.89. The molecule has 2 unspecified atom stereocenters. The molecule has 27 heavy (non-hydrogen) atoms. The molecule has 0 radical (unpaired) electrons. The van der Waals surface area contributed by atoms with E-state index in [1.54, 1.807) is 24.3 Å². The molecule has 8 heteroatoms. The Labute approximate surface area is 164 Å². The van der Waals surface area contributed by atoms with Gasteiger partial charge in [-0.15, -0.1) is 0 Å². The summed E-state index contributed by atoms with van der Waals surface area (Å²) in [5.41, 5.74) is 0.929. The van der Waals surface area contributed by atoms with Crippen LogP contribution in [0, 0.1) is 0 Å². The van der Waals surface area contributed by atoms with Gasteiger partial charge in [0.15, 0.2) is 0 Å². The molecule has 6 nitrogen and oxygen atoms in total. The van der Waals surface area contributed by atoms with Crippen LogP contribution < -0.4 is 5.32 Å². The number of nitrogens with one attached hydrogen (secondary N) is 1. The number of sulfonamides is 1. The van der Waals surface area contributed by atoms with Crippen molar-refractivity contribution < 1.29 is 17.9 Å². The molecule has 1 aliphatic rings. The lowest BCUT2D eigenvalue weighted by Crippen LogP contribution is -2.48. The van der Waals surface area contributed by atoms with Crippen molar-refractivity contribution in [2.24, 2.45) is 0 Å². The first-order valence-corrected chi connectivity index (χ1v) is 10.4. The fourth-order valence-corrected chi connectivity index (χ4v) is 4.80. The molecular formula is C19H21ClN2O4S. The highest BCUT2D eigenvalue weighted by atomic mass is 35.5. The molecule has 2 atom stereocenters. The van der Waals surface area contributed by atoms with Crippen LogP contribution in [-0.4, -0.2) is 43.9 Å². The second kappa shape index (κ2) is 7.98. The summed E-state index contributed by atoms with van der Waals surface area (Å²) in [7, 11) is -3.63. The summed E-state index contributed by atoms with van der Waals surface area (Å²) in [6.45, 7) is 4.32. The molecule has 2 aromatic rings. The van der Waals surface area contributed by atoms with Crippen molar-refractivity contribution in [3.05, 3.63) is 59.1 Å². The molecule has 1 heterocycles. The maximum absolute atomic E-state index is 12.8. The van der Waals surface area contributed by atoms with E-state index in [1.165, 1.54) is 28.6 Å². The minimum Gasteiger partial charge on any atom is -0.373 e. The van der Waals surface area contributed by atoms with Crippen molar-refractivity contribution in [3.8, 4) is 0 Å². The Hall–Kier alpha value is -1.93. The van der Waals surface area contributed by atoms with Crippen LogP contribution in [-0.2, 0) is 14.8 Å². The quantitative estimate of drug-likeness (QED) is 0.841. The summed E-state index contributed by atoms with van der Waals surface area (Å²) in [5.74, 6) is -0.338. The Morgan fingerprint density at radius 3 is 2.33 bits per heavy atom. The van der Waals surface area contributed by atoms with E-state index in [0.717, 1.165) is 0 Å². The molecule has 0 saturated carbocycles. The van der Waals surface area contributed by atoms with E-state index < -0.39 is 10.0 Å². The first-order valence-electron chi connectivity index (χ1n) is 8.58. The van der Waals surface area contributed by atoms with Gasteiger partial charge in [0.1, 0.15) is 0 Å². The van der Waals surface area contributed by atoms with Gasteiger partial charge in [-0.05, 0) is 56.3 Å². The van der Waals surface area contributed by atoms with Crippen LogP contribution in [0.1, 0.15) is 24.2 Å². The zero-order valence-corrected chi connectivity index (χ0v) is 16.6. The Kier molecular flexibility index (Phi) is 5.86. The molecular weight excluding hydrogens is 388 g/mol. The number of rotatable bonds is 4. The normalized spacial score (nSPS) is 21.0. The van der Waals surface area contributed by atoms with Crippen LogP contribution >= 0.6 is 11.6 Å². The van der Waals surface area contributed by atoms with E-state index in [0.29, 0.717) is 29.4 Å². The average molecular weight is 409 g/mol. The van der Waals surface area contributed by atoms with Gasteiger partial charge in [0.2, 0.25) is 10.0 Å². The van der Waals surface area contributed by atoms with Crippen molar-refractivity contribution in [1.29, 1.82) is 0 Å². The van der Waals surface area contributed by atoms with Crippen molar-refractivity contribution >= 4 is 33.2 Å². The van der Waals surface area contributed by atoms with Crippen molar-refractivity contribution in [1.82, 2.24) is 4.31 Å². The number of carbonyl (C=O) groups is 1. The zero-order chi connectivity index (χ0) is 19.6. The summed E-state index contributed by atoms with van der Waals surface area (Å²) in [5, 5.41) is 3.25. The number of halogens is 1. The second-order valence-electron chi connectivity index (χ2n) is 6.57. The van der Waals surface area contributed by atoms with Gasteiger partial charge in [0.05, 0.1) is 17.1 Å². The van der Waals surface area contributed by atoms with E-state index in [-0.39, 0.29) is 23.0 Å². The predicted octanol–water partition coefficient (Wildman–Crippen LogP) is 3.39. The summed E-state index contributed by atoms with van der Waals surface area (Å²) < 4.78 is 32.7. The summed E-state index contributed by atoms with van der Waals surface area (Å²) in [6.07, 6.45) is -0.322. The lowest BCUT2D eigenvalue weighted by Gasteiger charge is -2.34. The van der Waals surface area contributed by atoms with E-state index in [4.69, 9.17) is 16.3 Å². The third kappa shape index (κ3) is 4.68. The number of ether oxygens (including phenoxy) is 1. The van der Waals surface area contributed by atoms with Gasteiger partial charge in [-0.25, -0.2) is 8.42 Å². The fourth-order valence-electron chi connectivity index (χ4n) is 3.02. The number of morpholine rings is 1. The van der Waals surface area contributed by atoms with Gasteiger partial charge in [-0.2, -0.15) is 4.31 Å². The Bertz CT molecular complexity index is 921. The number of carbonyl (C=O) groups excluding carboxylic acids is 1. The predicted molar refractivity (Wildman–Crippen MR) is 105 cm³/mol. The van der Waals surface area contributed by atoms with Crippen LogP contribution in [0.5, 0.6) is 0 Å². The highest BCUT2D eigenvalue weighted by Crippen LogP contribution is 2.22. The monoisotopic (exact) mass is 408 g/mol. The van der Waals surface area contributed by atoms with Gasteiger partial charge in [-0.3, -0.25) is 4.79 Å². The molecule has 0 spiro atoms. The van der Waals surface area contributed by atoms with Crippen LogP contribution in [0.15, 0.2) is 53.4 Å². The fraction of sp³-hybridized carbons (Fsp3) is 0.316. The molecule has 0 bridgehead atoms. The largest absolute Gasteiger partial charge is 0.373 e. The lowest BCUT2D eigenvalue weighted by molar-refractivity contribution is -0.0440. The van der Waals surface area contributed by atoms with Crippen molar-refractivity contribution in [2.75, 3.05) is 18.4 Å². The molecule has 0 aromatic heterocycles. The zero-order valence-electron chi connectivity index (χ0n) is 15.1. The highest BCUT2D eigenvalue weighted by Gasteiger charge is 2.32. The molecule has 144 valence electrons. The van der Waals surface area contributed by atoms with E-state index in [1.807, 2.05) is 13.8 Å². The lowest BCUT2D eigenvalue weighted by atomic mass is 10.2. The number of hydrogen-bond donors (Lipinski definition) is 1. The van der Waals surface area contributed by atoms with Crippen molar-refractivity contribution in [3.63, 3.8) is 0 Å². The third-order valence-corrected chi connectivity index (χ3v) is 6.30. The number of benzene rings is 2. The molecule has 1 fully saturated rings. The molecule has 3 rings (SSSR count). The summed E-state index contributed by atoms with van der Waals surface area (Å²) in [4.78, 5) is 12.5. The van der Waals surface area contributed by atoms with E-state index >= 15 is 0 Å². The van der Waals surface area contributed by atoms with Crippen LogP contribution in [0.3, 0.4) is 0 Å². The van der Waals surface area contributed by atoms with Crippen molar-refractivity contribution in [2.45, 2.75) is 31.0 Å². The van der Waals surface area contributed by atoms with Gasteiger partial charge in [0.25, 0.3) is 5.91 Å². The molecule has 1 saturated heterocycles. The molecule has 1 aliphatic heterocycles. The first-order chi connectivity index (χ1) is 12.8. The topological polar surface area (TPSA) is 75.7 Å². The van der Waals surface area contributed by atoms with Gasteiger partial charge in [0, 0.05) is 29.4 Å². The minimum atomic E-state index is -3.63. The van der Waals surface area contributed by atoms with Gasteiger partial charge in [-0.1, -0.05) is 17.7 Å². The molecule has 1 amide bonds. The minimum absolute atomic E-state index is 0.156. The number of anilines is 1. The summed E-state index contributed by atoms with van der Waals surface area (Å²) >= 11 is 5.91. The first kappa shape index (κ1) is 19.8. The SMILES string of the molecule is CC1CN(S(=O)(=O)c2ccc(C(=O)Nc3cccc(Cl)c3)cc2)CC(C)O1. The second-order valence-corrected chi connectivity index (χ2v) is 8.94. The Balaban J connectivity index is 1.75. The number of amides is 1. The summed E-state index contributed by atoms with van der Waals surface area (Å²) in [6, 6.07) is 12.7. The standard InChI is InChI=1S/C19H21ClN2O4S/c1-13-11-22(12-14(2)26-13)27(24,25)18-8-6-15(7-9-18)19(23)21-17-5-3-4-16(20)10-17/h3-10,13-14H,11-12H2,1-2H3,(H,21,23). The number of nitrogens with zero attached hydrogens (tertiary/aromatic N) is 1. The van der Waals surface area contributed by atoms with Crippen LogP contribution in [0.2, 0.25) is 5.02 Å². The van der Waals surface area contributed by atoms with Crippen LogP contribution in [0.4, 0.5) is 5.69 Å². The Morgan fingerprint density at radius 1 is 1.11 bits per heavy atom. The van der Waals surface area contributed by atoms with Gasteiger partial charge < -0.3 is 10.1 Å². The van der Waals surface area contributed by atoms with E-state index in [2.05, 4.69) is 5.32 Å². The maximum Gasteiger partial charge on any atom is 0.255 e. The molecule has 0 aliphatic carbocycles. The molecule has 2 aromatic carbocycles. The maximum atomic E-state index is 12.8. The Morgan fingerprint density at radius 2 is 1.74 bits per heavy atom. The van der Waals surface area contributed by atoms with E-state index in [9.17, 15) is 13.2 Å². The smallest absolute Gasteiger partial charge is 0.255 e. The van der Waals surface area contributed by atoms with Gasteiger partial charge >= 0.3 is 0 Å². The average Bonchev–Trinajstić information content (AvgIpc) is 2.61. The third-order valence-electron chi connectivity index (χ3n) is 4.22.